The summed E-state index contributed by atoms with van der Waals surface area (Å²) in [5.41, 5.74) is 2.84. The van der Waals surface area contributed by atoms with Crippen LogP contribution in [0.15, 0.2) is 23.2 Å². The van der Waals surface area contributed by atoms with Gasteiger partial charge in [-0.05, 0) is 51.8 Å². The molecule has 7 nitrogen and oxygen atoms in total. The van der Waals surface area contributed by atoms with Crippen molar-refractivity contribution in [3.63, 3.8) is 0 Å². The van der Waals surface area contributed by atoms with Crippen LogP contribution < -0.4 is 15.4 Å². The highest BCUT2D eigenvalue weighted by Crippen LogP contribution is 2.24. The molecule has 0 saturated carbocycles. The number of aryl methyl sites for hydroxylation is 2. The Morgan fingerprint density at radius 1 is 1.30 bits per heavy atom. The van der Waals surface area contributed by atoms with E-state index in [1.54, 1.807) is 14.0 Å². The Balaban J connectivity index is 0.00000450. The fraction of sp³-hybridized carbons (Fsp3) is 0.476. The Labute approximate surface area is 199 Å². The zero-order valence-corrected chi connectivity index (χ0v) is 21.5. The second-order valence-electron chi connectivity index (χ2n) is 6.55. The number of hydrogen-bond acceptors (Lipinski definition) is 6. The largest absolute Gasteiger partial charge is 0.496 e. The van der Waals surface area contributed by atoms with Gasteiger partial charge in [-0.3, -0.25) is 0 Å². The molecule has 0 bridgehead atoms. The van der Waals surface area contributed by atoms with Crippen LogP contribution in [0.4, 0.5) is 0 Å². The van der Waals surface area contributed by atoms with Crippen molar-refractivity contribution in [1.29, 1.82) is 0 Å². The fourth-order valence-corrected chi connectivity index (χ4v) is 3.67. The number of guanidine groups is 1. The Kier molecular flexibility index (Phi) is 11.1. The molecule has 2 rings (SSSR count). The monoisotopic (exact) mass is 546 g/mol. The van der Waals surface area contributed by atoms with Gasteiger partial charge in [-0.25, -0.2) is 14.8 Å². The highest BCUT2D eigenvalue weighted by Gasteiger charge is 2.20. The number of benzene rings is 1. The molecule has 0 radical (unpaired) electrons. The van der Waals surface area contributed by atoms with Crippen molar-refractivity contribution in [3.05, 3.63) is 44.9 Å². The van der Waals surface area contributed by atoms with E-state index in [4.69, 9.17) is 9.47 Å². The van der Waals surface area contributed by atoms with Crippen LogP contribution in [0.3, 0.4) is 0 Å². The minimum atomic E-state index is -0.324. The molecule has 0 aliphatic heterocycles. The molecule has 0 aliphatic rings. The summed E-state index contributed by atoms with van der Waals surface area (Å²) in [6.45, 7) is 11.2. The van der Waals surface area contributed by atoms with Crippen LogP contribution >= 0.6 is 35.3 Å². The normalized spacial score (nSPS) is 12.0. The molecule has 2 aromatic rings. The van der Waals surface area contributed by atoms with E-state index in [1.165, 1.54) is 11.3 Å². The zero-order chi connectivity index (χ0) is 21.4. The third-order valence-electron chi connectivity index (χ3n) is 4.23. The second kappa shape index (κ2) is 12.7. The first-order chi connectivity index (χ1) is 13.9. The quantitative estimate of drug-likeness (QED) is 0.221. The van der Waals surface area contributed by atoms with E-state index >= 15 is 0 Å². The Hall–Kier alpha value is -1.88. The van der Waals surface area contributed by atoms with Gasteiger partial charge in [0, 0.05) is 6.54 Å². The summed E-state index contributed by atoms with van der Waals surface area (Å²) in [5.74, 6) is 1.22. The summed E-state index contributed by atoms with van der Waals surface area (Å²) >= 11 is 1.35. The molecule has 0 fully saturated rings. The number of esters is 1. The number of aromatic nitrogens is 1. The summed E-state index contributed by atoms with van der Waals surface area (Å²) in [5, 5.41) is 7.42. The lowest BCUT2D eigenvalue weighted by molar-refractivity contribution is 0.0531. The molecule has 1 atom stereocenters. The fourth-order valence-electron chi connectivity index (χ4n) is 2.71. The Morgan fingerprint density at radius 2 is 2.03 bits per heavy atom. The number of nitrogens with one attached hydrogen (secondary N) is 2. The molecule has 9 heteroatoms. The number of aliphatic imine (C=N–C) groups is 1. The third kappa shape index (κ3) is 7.12. The summed E-state index contributed by atoms with van der Waals surface area (Å²) in [6, 6.07) is 5.97. The van der Waals surface area contributed by atoms with Crippen LogP contribution in [0.1, 0.15) is 58.3 Å². The van der Waals surface area contributed by atoms with Crippen molar-refractivity contribution in [3.8, 4) is 5.75 Å². The highest BCUT2D eigenvalue weighted by molar-refractivity contribution is 14.0. The van der Waals surface area contributed by atoms with Crippen molar-refractivity contribution in [2.75, 3.05) is 20.3 Å². The average Bonchev–Trinajstić information content (AvgIpc) is 3.09. The first kappa shape index (κ1) is 26.2. The molecule has 1 unspecified atom stereocenters. The number of carbonyl (C=O) groups is 1. The minimum Gasteiger partial charge on any atom is -0.496 e. The maximum atomic E-state index is 12.0. The van der Waals surface area contributed by atoms with Gasteiger partial charge in [-0.2, -0.15) is 0 Å². The zero-order valence-electron chi connectivity index (χ0n) is 18.4. The van der Waals surface area contributed by atoms with Crippen LogP contribution in [-0.2, 0) is 11.3 Å². The number of ether oxygens (including phenoxy) is 2. The molecule has 2 N–H and O–H groups in total. The van der Waals surface area contributed by atoms with Crippen LogP contribution in [0, 0.1) is 13.8 Å². The molecule has 0 aliphatic carbocycles. The Bertz CT molecular complexity index is 870. The molecule has 1 aromatic carbocycles. The van der Waals surface area contributed by atoms with Crippen LogP contribution in [0.5, 0.6) is 5.75 Å². The predicted molar refractivity (Wildman–Crippen MR) is 132 cm³/mol. The van der Waals surface area contributed by atoms with Gasteiger partial charge in [0.25, 0.3) is 0 Å². The standard InChI is InChI=1S/C21H30N4O3S.HI/c1-7-22-21(23-12-16-10-9-13(3)17(11-16)27-6)25-15(5)19-24-14(4)18(29-19)20(26)28-8-2;/h9-11,15H,7-8,12H2,1-6H3,(H2,22,23,25);1H. The van der Waals surface area contributed by atoms with E-state index in [0.717, 1.165) is 28.4 Å². The molecule has 1 heterocycles. The average molecular weight is 546 g/mol. The maximum Gasteiger partial charge on any atom is 0.350 e. The lowest BCUT2D eigenvalue weighted by atomic mass is 10.1. The maximum absolute atomic E-state index is 12.0. The van der Waals surface area contributed by atoms with E-state index in [0.29, 0.717) is 29.7 Å². The minimum absolute atomic E-state index is 0. The lowest BCUT2D eigenvalue weighted by Gasteiger charge is -2.16. The van der Waals surface area contributed by atoms with Gasteiger partial charge >= 0.3 is 5.97 Å². The smallest absolute Gasteiger partial charge is 0.350 e. The van der Waals surface area contributed by atoms with Crippen molar-refractivity contribution >= 4 is 47.2 Å². The first-order valence-corrected chi connectivity index (χ1v) is 10.5. The second-order valence-corrected chi connectivity index (χ2v) is 7.58. The number of hydrogen-bond donors (Lipinski definition) is 2. The molecule has 0 amide bonds. The van der Waals surface area contributed by atoms with Crippen LogP contribution in [-0.4, -0.2) is 37.2 Å². The molecule has 1 aromatic heterocycles. The molecular weight excluding hydrogens is 515 g/mol. The SMILES string of the molecule is CCNC(=NCc1ccc(C)c(OC)c1)NC(C)c1nc(C)c(C(=O)OCC)s1.I. The van der Waals surface area contributed by atoms with Crippen LogP contribution in [0.25, 0.3) is 0 Å². The highest BCUT2D eigenvalue weighted by atomic mass is 127. The van der Waals surface area contributed by atoms with Crippen molar-refractivity contribution in [2.24, 2.45) is 4.99 Å². The van der Waals surface area contributed by atoms with Gasteiger partial charge in [-0.15, -0.1) is 35.3 Å². The summed E-state index contributed by atoms with van der Waals surface area (Å²) < 4.78 is 10.5. The van der Waals surface area contributed by atoms with Gasteiger partial charge in [-0.1, -0.05) is 12.1 Å². The summed E-state index contributed by atoms with van der Waals surface area (Å²) in [6.07, 6.45) is 0. The van der Waals surface area contributed by atoms with E-state index in [9.17, 15) is 4.79 Å². The van der Waals surface area contributed by atoms with Gasteiger partial charge in [0.15, 0.2) is 5.96 Å². The number of thiazole rings is 1. The number of carbonyl (C=O) groups excluding carboxylic acids is 1. The lowest BCUT2D eigenvalue weighted by Crippen LogP contribution is -2.38. The number of rotatable bonds is 8. The summed E-state index contributed by atoms with van der Waals surface area (Å²) in [4.78, 5) is 21.8. The molecule has 30 heavy (non-hydrogen) atoms. The molecular formula is C21H31IN4O3S. The number of methoxy groups -OCH3 is 1. The topological polar surface area (TPSA) is 84.8 Å². The van der Waals surface area contributed by atoms with Crippen molar-refractivity contribution in [1.82, 2.24) is 15.6 Å². The molecule has 166 valence electrons. The molecule has 0 spiro atoms. The van der Waals surface area contributed by atoms with Gasteiger partial charge in [0.05, 0.1) is 32.0 Å². The summed E-state index contributed by atoms with van der Waals surface area (Å²) in [7, 11) is 1.67. The first-order valence-electron chi connectivity index (χ1n) is 9.72. The number of halogens is 1. The van der Waals surface area contributed by atoms with E-state index in [-0.39, 0.29) is 36.0 Å². The number of nitrogens with zero attached hydrogens (tertiary/aromatic N) is 2. The van der Waals surface area contributed by atoms with E-state index in [1.807, 2.05) is 45.9 Å². The molecule has 0 saturated heterocycles. The van der Waals surface area contributed by atoms with Gasteiger partial charge < -0.3 is 20.1 Å². The van der Waals surface area contributed by atoms with Crippen LogP contribution in [0.2, 0.25) is 0 Å². The van der Waals surface area contributed by atoms with Gasteiger partial charge in [0.2, 0.25) is 0 Å². The van der Waals surface area contributed by atoms with Gasteiger partial charge in [0.1, 0.15) is 15.6 Å². The van der Waals surface area contributed by atoms with Crippen molar-refractivity contribution in [2.45, 2.75) is 47.2 Å². The van der Waals surface area contributed by atoms with Crippen molar-refractivity contribution < 1.29 is 14.3 Å². The van der Waals surface area contributed by atoms with E-state index < -0.39 is 0 Å². The van der Waals surface area contributed by atoms with E-state index in [2.05, 4.69) is 20.6 Å². The third-order valence-corrected chi connectivity index (χ3v) is 5.55. The Morgan fingerprint density at radius 3 is 2.67 bits per heavy atom. The predicted octanol–water partition coefficient (Wildman–Crippen LogP) is 4.38.